The topological polar surface area (TPSA) is 370 Å². The molecule has 0 radical (unpaired) electrons. The number of aromatic nitrogens is 2. The molecular formula is C62H103ClN14O12. The number of carbonyl (C=O) groups is 7. The largest absolute Gasteiger partial charge is 0.492 e. The number of benzene rings is 1. The van der Waals surface area contributed by atoms with Crippen molar-refractivity contribution >= 4 is 82.7 Å². The van der Waals surface area contributed by atoms with E-state index in [0.717, 1.165) is 31.2 Å². The van der Waals surface area contributed by atoms with E-state index in [1.54, 1.807) is 96.9 Å². The van der Waals surface area contributed by atoms with Gasteiger partial charge in [0.05, 0.1) is 0 Å². The lowest BCUT2D eigenvalue weighted by Gasteiger charge is -2.25. The van der Waals surface area contributed by atoms with Crippen LogP contribution in [0.1, 0.15) is 203 Å². The van der Waals surface area contributed by atoms with E-state index in [4.69, 9.17) is 52.5 Å². The van der Waals surface area contributed by atoms with Crippen molar-refractivity contribution in [3.63, 3.8) is 0 Å². The van der Waals surface area contributed by atoms with E-state index in [0.29, 0.717) is 134 Å². The van der Waals surface area contributed by atoms with Crippen LogP contribution in [0.2, 0.25) is 5.15 Å². The van der Waals surface area contributed by atoms with Gasteiger partial charge in [0, 0.05) is 37.6 Å². The number of aliphatic imine (C=N–C) groups is 3. The van der Waals surface area contributed by atoms with Crippen molar-refractivity contribution in [2.24, 2.45) is 20.7 Å². The zero-order chi connectivity index (χ0) is 67.0. The van der Waals surface area contributed by atoms with Gasteiger partial charge in [0.1, 0.15) is 46.8 Å². The Hall–Kier alpha value is -7.35. The number of unbranched alkanes of at least 4 members (excludes halogenated alkanes) is 5. The van der Waals surface area contributed by atoms with Crippen molar-refractivity contribution in [2.45, 2.75) is 228 Å². The Morgan fingerprint density at radius 3 is 1.49 bits per heavy atom. The summed E-state index contributed by atoms with van der Waals surface area (Å²) in [6.45, 7) is 27.6. The van der Waals surface area contributed by atoms with Gasteiger partial charge in [-0.15, -0.1) is 0 Å². The van der Waals surface area contributed by atoms with Crippen molar-refractivity contribution in [3.05, 3.63) is 40.7 Å². The van der Waals surface area contributed by atoms with Crippen LogP contribution in [0.15, 0.2) is 39.2 Å². The number of alkyl carbamates (subject to hydrolysis) is 2. The van der Waals surface area contributed by atoms with Crippen LogP contribution in [0.5, 0.6) is 5.75 Å². The van der Waals surface area contributed by atoms with Crippen LogP contribution in [-0.2, 0) is 35.0 Å². The molecule has 7 amide bonds. The van der Waals surface area contributed by atoms with E-state index in [1.807, 2.05) is 24.3 Å². The maximum Gasteiger partial charge on any atom is 0.434 e. The number of nitrogens with one attached hydrogen (secondary N) is 5. The molecule has 1 aromatic heterocycles. The van der Waals surface area contributed by atoms with Crippen molar-refractivity contribution in [1.29, 1.82) is 0 Å². The zero-order valence-electron chi connectivity index (χ0n) is 55.2. The number of ether oxygens (including phenoxy) is 5. The molecule has 0 aliphatic heterocycles. The molecule has 27 heteroatoms. The monoisotopic (exact) mass is 1270 g/mol. The highest BCUT2D eigenvalue weighted by molar-refractivity contribution is 6.31. The number of rotatable bonds is 34. The maximum atomic E-state index is 13.7. The number of hydrogen-bond donors (Lipinski definition) is 8. The van der Waals surface area contributed by atoms with E-state index >= 15 is 0 Å². The Morgan fingerprint density at radius 2 is 1.04 bits per heavy atom. The summed E-state index contributed by atoms with van der Waals surface area (Å²) in [4.78, 5) is 112. The average molecular weight is 1270 g/mol. The van der Waals surface area contributed by atoms with Gasteiger partial charge in [0.15, 0.2) is 28.4 Å². The van der Waals surface area contributed by atoms with E-state index in [2.05, 4.69) is 56.4 Å². The van der Waals surface area contributed by atoms with Gasteiger partial charge in [0.25, 0.3) is 5.91 Å². The molecule has 26 nitrogen and oxygen atoms in total. The van der Waals surface area contributed by atoms with Gasteiger partial charge in [-0.2, -0.15) is 9.98 Å². The molecule has 500 valence electrons. The van der Waals surface area contributed by atoms with E-state index in [9.17, 15) is 33.6 Å². The third-order valence-electron chi connectivity index (χ3n) is 12.4. The van der Waals surface area contributed by atoms with Crippen LogP contribution >= 0.6 is 11.6 Å². The Kier molecular flexibility index (Phi) is 34.0. The summed E-state index contributed by atoms with van der Waals surface area (Å²) in [7, 11) is 0. The van der Waals surface area contributed by atoms with Gasteiger partial charge in [-0.1, -0.05) is 49.4 Å². The highest BCUT2D eigenvalue weighted by Gasteiger charge is 2.27. The van der Waals surface area contributed by atoms with Gasteiger partial charge in [0.2, 0.25) is 11.8 Å². The minimum Gasteiger partial charge on any atom is -0.492 e. The zero-order valence-corrected chi connectivity index (χ0v) is 56.0. The Bertz CT molecular complexity index is 2570. The average Bonchev–Trinajstić information content (AvgIpc) is 2.34. The molecule has 0 saturated carbocycles. The Labute approximate surface area is 531 Å². The molecule has 2 aromatic rings. The first-order valence-electron chi connectivity index (χ1n) is 30.7. The molecule has 0 spiro atoms. The van der Waals surface area contributed by atoms with Gasteiger partial charge in [-0.3, -0.25) is 29.6 Å². The van der Waals surface area contributed by atoms with Crippen LogP contribution in [0.3, 0.4) is 0 Å². The number of guanidine groups is 1. The predicted molar refractivity (Wildman–Crippen MR) is 348 cm³/mol. The van der Waals surface area contributed by atoms with Crippen LogP contribution in [0.4, 0.5) is 30.8 Å². The van der Waals surface area contributed by atoms with Crippen LogP contribution in [0.25, 0.3) is 0 Å². The summed E-state index contributed by atoms with van der Waals surface area (Å²) in [5, 5.41) is 13.8. The second-order valence-corrected chi connectivity index (χ2v) is 26.0. The molecule has 1 heterocycles. The first-order valence-corrected chi connectivity index (χ1v) is 31.1. The summed E-state index contributed by atoms with van der Waals surface area (Å²) >= 11 is 5.89. The normalized spacial score (nSPS) is 13.2. The molecule has 0 unspecified atom stereocenters. The molecular weight excluding hydrogens is 1170 g/mol. The number of nitrogen functional groups attached to an aromatic ring is 2. The number of amides is 7. The fourth-order valence-electron chi connectivity index (χ4n) is 8.36. The SMILES string of the molecule is CC(CCCCC[C@H](NC(=O)OC(C)(C)C)C(=O)NCCCN(CCCNC(=O)[C@H](CCCCCC(C)=NC(=O)OC(C)(C)C)NC(=O)OC(C)(C)C)CCOc1ccc(CCCCN=C(N)NC(=O)c2nc(Cl)c(N)nc2N)cc1)=NC(=O)OC(C)(C)C. The summed E-state index contributed by atoms with van der Waals surface area (Å²) < 4.78 is 27.8. The standard InChI is InChI=1S/C62H103ClN14O12/c1-41(70-55(81)86-59(3,4)5)25-17-15-19-28-45(72-57(83)88-61(9,10)11)51(78)67-35-23-37-77(38-24-36-68-52(79)46(73-58(84)89-62(12,13)14)29-20-16-18-26-42(2)71-56(82)87-60(6,7)8)39-40-85-44-32-30-43(31-33-44)27-21-22-34-69-54(66)76-53(80)47-49(64)75-50(65)48(63)74-47/h30-33,45-46H,15-29,34-40H2,1-14H3,(H,67,78)(H,68,79)(H,72,83)(H,73,84)(H4,64,65,75)(H3,66,69,76,80)/t45-,46-/m0/s1. The number of carbonyl (C=O) groups excluding carboxylic acids is 7. The smallest absolute Gasteiger partial charge is 0.434 e. The van der Waals surface area contributed by atoms with Gasteiger partial charge in [-0.25, -0.2) is 29.1 Å². The second kappa shape index (κ2) is 38.9. The minimum absolute atomic E-state index is 0.100. The van der Waals surface area contributed by atoms with E-state index in [-0.39, 0.29) is 40.3 Å². The molecule has 11 N–H and O–H groups in total. The predicted octanol–water partition coefficient (Wildman–Crippen LogP) is 9.53. The molecule has 0 saturated heterocycles. The third-order valence-corrected chi connectivity index (χ3v) is 12.7. The third kappa shape index (κ3) is 38.0. The van der Waals surface area contributed by atoms with Crippen molar-refractivity contribution in [1.82, 2.24) is 41.5 Å². The van der Waals surface area contributed by atoms with Crippen molar-refractivity contribution in [2.75, 3.05) is 57.3 Å². The minimum atomic E-state index is -0.858. The van der Waals surface area contributed by atoms with Crippen LogP contribution in [0, 0.1) is 0 Å². The number of anilines is 2. The number of halogens is 1. The Morgan fingerprint density at radius 1 is 0.584 bits per heavy atom. The lowest BCUT2D eigenvalue weighted by molar-refractivity contribution is -0.124. The highest BCUT2D eigenvalue weighted by atomic mass is 35.5. The number of nitrogens with two attached hydrogens (primary N) is 3. The lowest BCUT2D eigenvalue weighted by Crippen LogP contribution is -2.48. The molecule has 2 atom stereocenters. The van der Waals surface area contributed by atoms with Crippen LogP contribution < -0.4 is 48.5 Å². The number of hydrogen-bond acceptors (Lipinski definition) is 18. The van der Waals surface area contributed by atoms with Gasteiger partial charge >= 0.3 is 24.4 Å². The van der Waals surface area contributed by atoms with Crippen molar-refractivity contribution in [3.8, 4) is 5.75 Å². The summed E-state index contributed by atoms with van der Waals surface area (Å²) in [6, 6.07) is 6.08. The molecule has 0 aliphatic rings. The second-order valence-electron chi connectivity index (χ2n) is 25.7. The summed E-state index contributed by atoms with van der Waals surface area (Å²) in [5.41, 5.74) is 16.6. The molecule has 0 fully saturated rings. The fourth-order valence-corrected chi connectivity index (χ4v) is 8.49. The van der Waals surface area contributed by atoms with E-state index in [1.165, 1.54) is 0 Å². The lowest BCUT2D eigenvalue weighted by atomic mass is 10.1. The van der Waals surface area contributed by atoms with Gasteiger partial charge < -0.3 is 62.2 Å². The van der Waals surface area contributed by atoms with E-state index < -0.39 is 64.8 Å². The summed E-state index contributed by atoms with van der Waals surface area (Å²) in [5.74, 6) is -1.13. The molecule has 1 aromatic carbocycles. The van der Waals surface area contributed by atoms with Crippen molar-refractivity contribution < 1.29 is 57.2 Å². The molecule has 0 aliphatic carbocycles. The quantitative estimate of drug-likeness (QED) is 0.0140. The molecule has 0 bridgehead atoms. The summed E-state index contributed by atoms with van der Waals surface area (Å²) in [6.07, 6.45) is 6.60. The first kappa shape index (κ1) is 77.7. The first-order chi connectivity index (χ1) is 41.5. The maximum absolute atomic E-state index is 13.7. The van der Waals surface area contributed by atoms with Crippen LogP contribution in [-0.4, -0.2) is 155 Å². The molecule has 2 rings (SSSR count). The molecule has 89 heavy (non-hydrogen) atoms. The number of aryl methyl sites for hydroxylation is 1. The fraction of sp³-hybridized carbons (Fsp3) is 0.677. The van der Waals surface area contributed by atoms with Gasteiger partial charge in [-0.05, 0) is 198 Å². The highest BCUT2D eigenvalue weighted by Crippen LogP contribution is 2.19. The number of nitrogens with zero attached hydrogens (tertiary/aromatic N) is 6. The Balaban J connectivity index is 2.12.